The summed E-state index contributed by atoms with van der Waals surface area (Å²) < 4.78 is 0. The lowest BCUT2D eigenvalue weighted by atomic mass is 10.1. The largest absolute Gasteiger partial charge is 0.504 e. The van der Waals surface area contributed by atoms with Crippen molar-refractivity contribution in [1.82, 2.24) is 9.97 Å². The molecular formula is C16H10Cl2N2O. The Bertz CT molecular complexity index is 833. The SMILES string of the molecule is Oc1c(Cl)cc(Cl)c2ccc(C=Cc3cccnc3)nc12. The first-order valence-electron chi connectivity index (χ1n) is 6.21. The fourth-order valence-corrected chi connectivity index (χ4v) is 2.48. The number of hydrogen-bond donors (Lipinski definition) is 1. The van der Waals surface area contributed by atoms with Crippen molar-refractivity contribution >= 4 is 46.3 Å². The summed E-state index contributed by atoms with van der Waals surface area (Å²) in [5, 5.41) is 11.3. The second-order valence-corrected chi connectivity index (χ2v) is 5.26. The number of pyridine rings is 2. The monoisotopic (exact) mass is 316 g/mol. The quantitative estimate of drug-likeness (QED) is 0.737. The Kier molecular flexibility index (Phi) is 3.78. The summed E-state index contributed by atoms with van der Waals surface area (Å²) in [7, 11) is 0. The summed E-state index contributed by atoms with van der Waals surface area (Å²) >= 11 is 12.0. The Balaban J connectivity index is 2.05. The van der Waals surface area contributed by atoms with Gasteiger partial charge in [0.2, 0.25) is 0 Å². The number of halogens is 2. The fourth-order valence-electron chi connectivity index (χ4n) is 1.97. The molecule has 0 aliphatic heterocycles. The zero-order valence-corrected chi connectivity index (χ0v) is 12.3. The van der Waals surface area contributed by atoms with Crippen LogP contribution in [0.25, 0.3) is 23.1 Å². The first-order valence-corrected chi connectivity index (χ1v) is 6.96. The van der Waals surface area contributed by atoms with Crippen molar-refractivity contribution in [1.29, 1.82) is 0 Å². The highest BCUT2D eigenvalue weighted by Crippen LogP contribution is 2.36. The number of phenolic OH excluding ortho intramolecular Hbond substituents is 1. The number of benzene rings is 1. The Labute approximate surface area is 131 Å². The van der Waals surface area contributed by atoms with Gasteiger partial charge in [-0.1, -0.05) is 35.3 Å². The van der Waals surface area contributed by atoms with E-state index in [9.17, 15) is 5.11 Å². The van der Waals surface area contributed by atoms with Crippen LogP contribution in [0.15, 0.2) is 42.7 Å². The number of fused-ring (bicyclic) bond motifs is 1. The van der Waals surface area contributed by atoms with E-state index in [-0.39, 0.29) is 10.8 Å². The highest BCUT2D eigenvalue weighted by Gasteiger charge is 2.10. The molecule has 0 bridgehead atoms. The third kappa shape index (κ3) is 2.84. The first kappa shape index (κ1) is 13.9. The van der Waals surface area contributed by atoms with E-state index in [4.69, 9.17) is 23.2 Å². The molecule has 0 amide bonds. The van der Waals surface area contributed by atoms with Gasteiger partial charge in [-0.25, -0.2) is 4.98 Å². The smallest absolute Gasteiger partial charge is 0.160 e. The number of phenols is 1. The number of nitrogens with zero attached hydrogens (tertiary/aromatic N) is 2. The van der Waals surface area contributed by atoms with Gasteiger partial charge in [-0.3, -0.25) is 4.98 Å². The lowest BCUT2D eigenvalue weighted by Crippen LogP contribution is -1.86. The van der Waals surface area contributed by atoms with Crippen LogP contribution in [0, 0.1) is 0 Å². The second-order valence-electron chi connectivity index (χ2n) is 4.44. The van der Waals surface area contributed by atoms with Crippen molar-refractivity contribution in [3.63, 3.8) is 0 Å². The first-order chi connectivity index (χ1) is 10.1. The maximum atomic E-state index is 10.0. The van der Waals surface area contributed by atoms with Crippen molar-refractivity contribution in [3.8, 4) is 5.75 Å². The summed E-state index contributed by atoms with van der Waals surface area (Å²) in [4.78, 5) is 8.42. The third-order valence-electron chi connectivity index (χ3n) is 3.01. The Morgan fingerprint density at radius 3 is 2.67 bits per heavy atom. The summed E-state index contributed by atoms with van der Waals surface area (Å²) in [6, 6.07) is 8.94. The number of hydrogen-bond acceptors (Lipinski definition) is 3. The van der Waals surface area contributed by atoms with Gasteiger partial charge in [-0.05, 0) is 35.9 Å². The van der Waals surface area contributed by atoms with Gasteiger partial charge in [0.15, 0.2) is 5.75 Å². The van der Waals surface area contributed by atoms with Gasteiger partial charge in [0.05, 0.1) is 15.7 Å². The standard InChI is InChI=1S/C16H10Cl2N2O/c17-13-8-14(18)16(21)15-12(13)6-5-11(20-15)4-3-10-2-1-7-19-9-10/h1-9,21H. The van der Waals surface area contributed by atoms with Crippen LogP contribution in [0.1, 0.15) is 11.3 Å². The molecule has 21 heavy (non-hydrogen) atoms. The van der Waals surface area contributed by atoms with Crippen LogP contribution in [0.5, 0.6) is 5.75 Å². The molecule has 0 saturated heterocycles. The van der Waals surface area contributed by atoms with E-state index >= 15 is 0 Å². The number of aromatic nitrogens is 2. The van der Waals surface area contributed by atoms with Crippen molar-refractivity contribution in [3.05, 3.63) is 64.0 Å². The predicted octanol–water partition coefficient (Wildman–Crippen LogP) is 4.81. The lowest BCUT2D eigenvalue weighted by Gasteiger charge is -2.05. The van der Waals surface area contributed by atoms with Gasteiger partial charge in [0, 0.05) is 17.8 Å². The van der Waals surface area contributed by atoms with E-state index in [1.807, 2.05) is 36.4 Å². The van der Waals surface area contributed by atoms with Crippen LogP contribution < -0.4 is 0 Å². The minimum Gasteiger partial charge on any atom is -0.504 e. The normalized spacial score (nSPS) is 11.3. The fraction of sp³-hybridized carbons (Fsp3) is 0. The second kappa shape index (κ2) is 5.72. The summed E-state index contributed by atoms with van der Waals surface area (Å²) in [6.07, 6.45) is 7.20. The van der Waals surface area contributed by atoms with Crippen LogP contribution in [0.4, 0.5) is 0 Å². The molecule has 2 aromatic heterocycles. The molecule has 0 saturated carbocycles. The number of rotatable bonds is 2. The Morgan fingerprint density at radius 1 is 1.05 bits per heavy atom. The molecule has 0 fully saturated rings. The van der Waals surface area contributed by atoms with Crippen molar-refractivity contribution in [2.75, 3.05) is 0 Å². The van der Waals surface area contributed by atoms with Crippen LogP contribution in [-0.4, -0.2) is 15.1 Å². The molecule has 2 heterocycles. The average molecular weight is 317 g/mol. The Hall–Kier alpha value is -2.10. The maximum absolute atomic E-state index is 10.0. The van der Waals surface area contributed by atoms with E-state index in [1.165, 1.54) is 6.07 Å². The van der Waals surface area contributed by atoms with Crippen LogP contribution in [0.2, 0.25) is 10.0 Å². The van der Waals surface area contributed by atoms with Gasteiger partial charge < -0.3 is 5.11 Å². The number of aromatic hydroxyl groups is 1. The molecule has 5 heteroatoms. The van der Waals surface area contributed by atoms with Crippen molar-refractivity contribution in [2.24, 2.45) is 0 Å². The summed E-state index contributed by atoms with van der Waals surface area (Å²) in [5.41, 5.74) is 2.05. The molecule has 0 aliphatic carbocycles. The van der Waals surface area contributed by atoms with Crippen LogP contribution >= 0.6 is 23.2 Å². The van der Waals surface area contributed by atoms with Crippen molar-refractivity contribution in [2.45, 2.75) is 0 Å². The van der Waals surface area contributed by atoms with Gasteiger partial charge in [0.1, 0.15) is 5.52 Å². The topological polar surface area (TPSA) is 46.0 Å². The predicted molar refractivity (Wildman–Crippen MR) is 86.6 cm³/mol. The maximum Gasteiger partial charge on any atom is 0.160 e. The van der Waals surface area contributed by atoms with Gasteiger partial charge in [-0.15, -0.1) is 0 Å². The molecule has 1 N–H and O–H groups in total. The molecule has 0 atom stereocenters. The molecular weight excluding hydrogens is 307 g/mol. The molecule has 0 unspecified atom stereocenters. The molecule has 3 aromatic rings. The van der Waals surface area contributed by atoms with Gasteiger partial charge in [-0.2, -0.15) is 0 Å². The van der Waals surface area contributed by atoms with Crippen LogP contribution in [0.3, 0.4) is 0 Å². The molecule has 0 radical (unpaired) electrons. The zero-order valence-electron chi connectivity index (χ0n) is 10.8. The van der Waals surface area contributed by atoms with E-state index < -0.39 is 0 Å². The highest BCUT2D eigenvalue weighted by atomic mass is 35.5. The molecule has 0 aliphatic rings. The lowest BCUT2D eigenvalue weighted by molar-refractivity contribution is 0.480. The highest BCUT2D eigenvalue weighted by molar-refractivity contribution is 6.39. The average Bonchev–Trinajstić information content (AvgIpc) is 2.51. The summed E-state index contributed by atoms with van der Waals surface area (Å²) in [5.74, 6) is -0.0623. The third-order valence-corrected chi connectivity index (χ3v) is 3.61. The molecule has 1 aromatic carbocycles. The molecule has 0 spiro atoms. The van der Waals surface area contributed by atoms with E-state index in [0.29, 0.717) is 21.6 Å². The van der Waals surface area contributed by atoms with Gasteiger partial charge in [0.25, 0.3) is 0 Å². The van der Waals surface area contributed by atoms with E-state index in [1.54, 1.807) is 12.4 Å². The Morgan fingerprint density at radius 2 is 1.90 bits per heavy atom. The van der Waals surface area contributed by atoms with E-state index in [2.05, 4.69) is 9.97 Å². The van der Waals surface area contributed by atoms with Crippen LogP contribution in [-0.2, 0) is 0 Å². The summed E-state index contributed by atoms with van der Waals surface area (Å²) in [6.45, 7) is 0. The van der Waals surface area contributed by atoms with Crippen molar-refractivity contribution < 1.29 is 5.11 Å². The molecule has 3 nitrogen and oxygen atoms in total. The van der Waals surface area contributed by atoms with Gasteiger partial charge >= 0.3 is 0 Å². The molecule has 3 rings (SSSR count). The molecule has 104 valence electrons. The zero-order chi connectivity index (χ0) is 14.8. The minimum atomic E-state index is -0.0623. The minimum absolute atomic E-state index is 0.0623. The van der Waals surface area contributed by atoms with E-state index in [0.717, 1.165) is 5.56 Å².